The first-order valence-corrected chi connectivity index (χ1v) is 21.3. The molecule has 2 aliphatic carbocycles. The van der Waals surface area contributed by atoms with Crippen molar-refractivity contribution in [3.63, 3.8) is 0 Å². The molecule has 0 unspecified atom stereocenters. The van der Waals surface area contributed by atoms with Gasteiger partial charge in [0.15, 0.2) is 0 Å². The van der Waals surface area contributed by atoms with Crippen LogP contribution < -0.4 is 24.8 Å². The number of sulfonamides is 1. The number of pyridine rings is 1. The van der Waals surface area contributed by atoms with Crippen LogP contribution >= 0.6 is 0 Å². The third-order valence-corrected chi connectivity index (χ3v) is 13.9. The van der Waals surface area contributed by atoms with Gasteiger partial charge in [-0.25, -0.2) is 18.2 Å². The van der Waals surface area contributed by atoms with Gasteiger partial charge in [0, 0.05) is 68.8 Å². The molecular weight excluding hydrogens is 753 g/mol. The van der Waals surface area contributed by atoms with Gasteiger partial charge in [-0.3, -0.25) is 23.9 Å². The minimum absolute atomic E-state index is 0.00889. The van der Waals surface area contributed by atoms with Gasteiger partial charge in [-0.05, 0) is 70.6 Å². The van der Waals surface area contributed by atoms with E-state index in [0.29, 0.717) is 54.3 Å². The number of amides is 4. The van der Waals surface area contributed by atoms with Gasteiger partial charge in [-0.2, -0.15) is 5.10 Å². The van der Waals surface area contributed by atoms with E-state index in [-0.39, 0.29) is 19.4 Å². The number of ether oxygens (including phenoxy) is 3. The highest BCUT2D eigenvalue weighted by atomic mass is 32.2. The van der Waals surface area contributed by atoms with Crippen molar-refractivity contribution < 1.29 is 37.0 Å². The topological polar surface area (TPSA) is 186 Å². The number of aromatic nitrogens is 3. The van der Waals surface area contributed by atoms with Crippen LogP contribution in [0.4, 0.5) is 4.79 Å². The summed E-state index contributed by atoms with van der Waals surface area (Å²) in [5.74, 6) is -0.596. The molecule has 0 bridgehead atoms. The Morgan fingerprint density at radius 2 is 1.86 bits per heavy atom. The highest BCUT2D eigenvalue weighted by Crippen LogP contribution is 2.47. The number of hydrogen-bond donors (Lipinski definition) is 3. The number of hydrogen-bond acceptors (Lipinski definition) is 11. The second kappa shape index (κ2) is 16.6. The summed E-state index contributed by atoms with van der Waals surface area (Å²) in [5.41, 5.74) is 1.29. The van der Waals surface area contributed by atoms with Crippen molar-refractivity contribution >= 4 is 38.8 Å². The largest absolute Gasteiger partial charge is 0.496 e. The van der Waals surface area contributed by atoms with Crippen LogP contribution in [0.25, 0.3) is 22.3 Å². The third kappa shape index (κ3) is 8.89. The Balaban J connectivity index is 1.12. The first kappa shape index (κ1) is 40.5. The summed E-state index contributed by atoms with van der Waals surface area (Å²) < 4.78 is 46.8. The summed E-state index contributed by atoms with van der Waals surface area (Å²) in [5, 5.41) is 11.3. The van der Waals surface area contributed by atoms with Gasteiger partial charge in [-0.15, -0.1) is 0 Å². The van der Waals surface area contributed by atoms with Crippen LogP contribution in [-0.2, 0) is 30.9 Å². The second-order valence-corrected chi connectivity index (χ2v) is 18.0. The SMILES string of the molecule is COc1ccc2c(OCC[C@@H]3NC(=O)N(C)CCCCC=C[C@@H]4C[C@@]4(C(=O)NS(=O)(=O)C4(C)CC4)NC3=O)cc(-c3ccn(CCN4CCOCC4)n3)nc2c1C. The molecule has 308 valence electrons. The van der Waals surface area contributed by atoms with Gasteiger partial charge in [0.05, 0.1) is 49.4 Å². The molecule has 2 aromatic heterocycles. The maximum atomic E-state index is 14.1. The summed E-state index contributed by atoms with van der Waals surface area (Å²) in [7, 11) is -0.676. The van der Waals surface area contributed by atoms with Crippen molar-refractivity contribution in [3.05, 3.63) is 48.2 Å². The Bertz CT molecular complexity index is 2130. The molecule has 17 heteroatoms. The number of fused-ring (bicyclic) bond motifs is 2. The number of carbonyl (C=O) groups is 3. The molecule has 3 atom stereocenters. The molecule has 2 saturated carbocycles. The first-order valence-electron chi connectivity index (χ1n) is 19.8. The molecule has 7 rings (SSSR count). The lowest BCUT2D eigenvalue weighted by Gasteiger charge is -2.26. The molecule has 0 radical (unpaired) electrons. The fraction of sp³-hybridized carbons (Fsp3) is 0.575. The van der Waals surface area contributed by atoms with E-state index in [2.05, 4.69) is 20.3 Å². The number of nitrogens with zero attached hydrogens (tertiary/aromatic N) is 5. The van der Waals surface area contributed by atoms with Gasteiger partial charge in [-0.1, -0.05) is 12.2 Å². The van der Waals surface area contributed by atoms with E-state index >= 15 is 0 Å². The van der Waals surface area contributed by atoms with Gasteiger partial charge in [0.2, 0.25) is 15.9 Å². The summed E-state index contributed by atoms with van der Waals surface area (Å²) in [4.78, 5) is 50.1. The molecule has 4 aliphatic rings. The lowest BCUT2D eigenvalue weighted by molar-refractivity contribution is -0.130. The van der Waals surface area contributed by atoms with E-state index in [1.165, 1.54) is 4.90 Å². The minimum Gasteiger partial charge on any atom is -0.496 e. The van der Waals surface area contributed by atoms with Crippen molar-refractivity contribution in [2.75, 3.05) is 60.2 Å². The molecule has 0 spiro atoms. The fourth-order valence-corrected chi connectivity index (χ4v) is 8.71. The smallest absolute Gasteiger partial charge is 0.317 e. The number of benzene rings is 1. The lowest BCUT2D eigenvalue weighted by atomic mass is 10.1. The Morgan fingerprint density at radius 1 is 1.07 bits per heavy atom. The summed E-state index contributed by atoms with van der Waals surface area (Å²) in [6.07, 6.45) is 9.26. The van der Waals surface area contributed by atoms with E-state index < -0.39 is 50.1 Å². The molecule has 1 aromatic carbocycles. The number of morpholine rings is 1. The standard InChI is InChI=1S/C40H54N8O8S/c1-27-33(54-4)11-10-29-34(25-32(41-35(27)29)30-12-17-48(44-30)19-18-47-20-23-55-24-21-47)56-22-13-31-36(49)43-40(37(50)45-57(52,53)39(2)14-15-39)26-28(40)9-7-5-6-8-16-46(3)38(51)42-31/h7,9-12,17,25,28,31H,5-6,8,13-16,18-24,26H2,1-4H3,(H,42,51)(H,43,49)(H,45,50)/t28-,31+,40-/m1/s1. The van der Waals surface area contributed by atoms with Crippen molar-refractivity contribution in [3.8, 4) is 22.9 Å². The third-order valence-electron chi connectivity index (χ3n) is 11.7. The number of rotatable bonds is 12. The Hall–Kier alpha value is -4.74. The zero-order chi connectivity index (χ0) is 40.4. The number of nitrogens with one attached hydrogen (secondary N) is 3. The molecule has 2 aliphatic heterocycles. The Labute approximate surface area is 333 Å². The van der Waals surface area contributed by atoms with E-state index in [1.54, 1.807) is 21.1 Å². The molecule has 3 N–H and O–H groups in total. The molecule has 57 heavy (non-hydrogen) atoms. The molecular formula is C40H54N8O8S. The monoisotopic (exact) mass is 806 g/mol. The first-order chi connectivity index (χ1) is 27.3. The molecule has 4 amide bonds. The number of carbonyl (C=O) groups excluding carboxylic acids is 3. The number of urea groups is 1. The quantitative estimate of drug-likeness (QED) is 0.229. The van der Waals surface area contributed by atoms with Crippen LogP contribution in [0.5, 0.6) is 11.5 Å². The van der Waals surface area contributed by atoms with Crippen molar-refractivity contribution in [2.45, 2.75) is 81.7 Å². The summed E-state index contributed by atoms with van der Waals surface area (Å²) in [6, 6.07) is 5.92. The van der Waals surface area contributed by atoms with Crippen molar-refractivity contribution in [2.24, 2.45) is 5.92 Å². The lowest BCUT2D eigenvalue weighted by Crippen LogP contribution is -2.58. The van der Waals surface area contributed by atoms with Gasteiger partial charge in [0.25, 0.3) is 5.91 Å². The average molecular weight is 807 g/mol. The number of methoxy groups -OCH3 is 1. The number of allylic oxidation sites excluding steroid dienone is 1. The highest BCUT2D eigenvalue weighted by molar-refractivity contribution is 7.91. The zero-order valence-corrected chi connectivity index (χ0v) is 34.0. The summed E-state index contributed by atoms with van der Waals surface area (Å²) >= 11 is 0. The molecule has 1 saturated heterocycles. The van der Waals surface area contributed by atoms with Crippen LogP contribution in [0.1, 0.15) is 57.4 Å². The average Bonchev–Trinajstić information content (AvgIpc) is 4.07. The van der Waals surface area contributed by atoms with E-state index in [0.717, 1.165) is 63.1 Å². The molecule has 16 nitrogen and oxygen atoms in total. The van der Waals surface area contributed by atoms with Crippen molar-refractivity contribution in [1.29, 1.82) is 0 Å². The predicted molar refractivity (Wildman–Crippen MR) is 213 cm³/mol. The normalized spacial score (nSPS) is 24.2. The van der Waals surface area contributed by atoms with E-state index in [4.69, 9.17) is 24.3 Å². The van der Waals surface area contributed by atoms with Crippen LogP contribution in [-0.4, -0.2) is 127 Å². The van der Waals surface area contributed by atoms with Gasteiger partial charge >= 0.3 is 6.03 Å². The molecule has 3 aromatic rings. The summed E-state index contributed by atoms with van der Waals surface area (Å²) in [6.45, 7) is 8.84. The maximum absolute atomic E-state index is 14.1. The fourth-order valence-electron chi connectivity index (χ4n) is 7.40. The van der Waals surface area contributed by atoms with Gasteiger partial charge in [0.1, 0.15) is 28.8 Å². The second-order valence-electron chi connectivity index (χ2n) is 15.9. The van der Waals surface area contributed by atoms with E-state index in [9.17, 15) is 22.8 Å². The zero-order valence-electron chi connectivity index (χ0n) is 33.2. The molecule has 3 fully saturated rings. The van der Waals surface area contributed by atoms with Gasteiger partial charge < -0.3 is 29.7 Å². The van der Waals surface area contributed by atoms with Crippen LogP contribution in [0.3, 0.4) is 0 Å². The predicted octanol–water partition coefficient (Wildman–Crippen LogP) is 3.14. The maximum Gasteiger partial charge on any atom is 0.317 e. The minimum atomic E-state index is -3.95. The Morgan fingerprint density at radius 3 is 2.61 bits per heavy atom. The Kier molecular flexibility index (Phi) is 11.8. The van der Waals surface area contributed by atoms with Crippen LogP contribution in [0, 0.1) is 12.8 Å². The van der Waals surface area contributed by atoms with Crippen LogP contribution in [0.15, 0.2) is 42.6 Å². The van der Waals surface area contributed by atoms with E-state index in [1.807, 2.05) is 54.2 Å². The van der Waals surface area contributed by atoms with Crippen molar-refractivity contribution in [1.82, 2.24) is 39.9 Å². The van der Waals surface area contributed by atoms with Crippen LogP contribution in [0.2, 0.25) is 0 Å². The number of aryl methyl sites for hydroxylation is 1. The highest BCUT2D eigenvalue weighted by Gasteiger charge is 2.62. The molecule has 4 heterocycles.